The monoisotopic (exact) mass is 427 g/mol. The molecule has 0 atom stereocenters. The van der Waals surface area contributed by atoms with Gasteiger partial charge < -0.3 is 14.2 Å². The van der Waals surface area contributed by atoms with E-state index in [1.165, 1.54) is 18.5 Å². The lowest BCUT2D eigenvalue weighted by Gasteiger charge is -2.26. The van der Waals surface area contributed by atoms with E-state index in [0.717, 1.165) is 11.1 Å². The van der Waals surface area contributed by atoms with Gasteiger partial charge in [0.25, 0.3) is 10.0 Å². The summed E-state index contributed by atoms with van der Waals surface area (Å²) in [5.41, 5.74) is 2.24. The smallest absolute Gasteiger partial charge is 0.264 e. The fraction of sp³-hybridized carbons (Fsp3) is 0.217. The molecule has 0 aliphatic carbocycles. The lowest BCUT2D eigenvalue weighted by atomic mass is 10.2. The van der Waals surface area contributed by atoms with Crippen LogP contribution in [-0.2, 0) is 16.6 Å². The van der Waals surface area contributed by atoms with Crippen LogP contribution in [0.4, 0.5) is 5.69 Å². The van der Waals surface area contributed by atoms with Crippen LogP contribution >= 0.6 is 0 Å². The number of anilines is 1. The Hall–Kier alpha value is -3.19. The van der Waals surface area contributed by atoms with E-state index >= 15 is 0 Å². The predicted octanol–water partition coefficient (Wildman–Crippen LogP) is 4.42. The number of nitrogens with zero attached hydrogens (tertiary/aromatic N) is 1. The average molecular weight is 428 g/mol. The number of benzene rings is 3. The fourth-order valence-electron chi connectivity index (χ4n) is 2.99. The second-order valence-electron chi connectivity index (χ2n) is 6.74. The van der Waals surface area contributed by atoms with Crippen LogP contribution in [0.15, 0.2) is 71.6 Å². The second-order valence-corrected chi connectivity index (χ2v) is 8.61. The summed E-state index contributed by atoms with van der Waals surface area (Å²) in [5.74, 6) is 1.71. The summed E-state index contributed by atoms with van der Waals surface area (Å²) in [6.07, 6.45) is 0. The first-order valence-corrected chi connectivity index (χ1v) is 10.8. The van der Waals surface area contributed by atoms with Gasteiger partial charge in [-0.2, -0.15) is 0 Å². The van der Waals surface area contributed by atoms with Crippen molar-refractivity contribution in [2.24, 2.45) is 0 Å². The van der Waals surface area contributed by atoms with E-state index in [-0.39, 0.29) is 11.4 Å². The van der Waals surface area contributed by atoms with Crippen molar-refractivity contribution in [3.05, 3.63) is 77.9 Å². The third-order valence-electron chi connectivity index (χ3n) is 4.72. The number of methoxy groups -OCH3 is 3. The molecule has 0 N–H and O–H groups in total. The molecular formula is C23H25NO5S. The molecule has 0 aliphatic rings. The highest BCUT2D eigenvalue weighted by atomic mass is 32.2. The molecule has 0 radical (unpaired) electrons. The number of sulfonamides is 1. The van der Waals surface area contributed by atoms with Crippen LogP contribution in [0.25, 0.3) is 0 Å². The van der Waals surface area contributed by atoms with E-state index in [9.17, 15) is 8.42 Å². The molecule has 0 saturated heterocycles. The molecule has 0 bridgehead atoms. The third kappa shape index (κ3) is 4.68. The second kappa shape index (κ2) is 9.09. The number of hydrogen-bond acceptors (Lipinski definition) is 5. The molecular weight excluding hydrogens is 402 g/mol. The first-order chi connectivity index (χ1) is 14.4. The summed E-state index contributed by atoms with van der Waals surface area (Å²) >= 11 is 0. The van der Waals surface area contributed by atoms with Gasteiger partial charge >= 0.3 is 0 Å². The average Bonchev–Trinajstić information content (AvgIpc) is 2.77. The zero-order chi connectivity index (χ0) is 21.7. The number of rotatable bonds is 8. The molecule has 0 amide bonds. The van der Waals surface area contributed by atoms with E-state index in [0.29, 0.717) is 22.9 Å². The molecule has 6 nitrogen and oxygen atoms in total. The van der Waals surface area contributed by atoms with Crippen molar-refractivity contribution in [3.63, 3.8) is 0 Å². The Morgan fingerprint density at radius 3 is 1.77 bits per heavy atom. The van der Waals surface area contributed by atoms with Gasteiger partial charge in [-0.25, -0.2) is 8.42 Å². The van der Waals surface area contributed by atoms with Gasteiger partial charge in [-0.05, 0) is 36.8 Å². The van der Waals surface area contributed by atoms with Crippen LogP contribution in [-0.4, -0.2) is 29.7 Å². The molecule has 3 aromatic carbocycles. The molecule has 0 unspecified atom stereocenters. The normalized spacial score (nSPS) is 11.1. The Bertz CT molecular complexity index is 1070. The summed E-state index contributed by atoms with van der Waals surface area (Å²) in [4.78, 5) is 0.211. The molecule has 3 aromatic rings. The fourth-order valence-corrected chi connectivity index (χ4v) is 4.42. The Morgan fingerprint density at radius 1 is 0.733 bits per heavy atom. The quantitative estimate of drug-likeness (QED) is 0.533. The summed E-state index contributed by atoms with van der Waals surface area (Å²) in [6, 6.07) is 19.1. The molecule has 0 heterocycles. The van der Waals surface area contributed by atoms with E-state index in [4.69, 9.17) is 14.2 Å². The molecule has 30 heavy (non-hydrogen) atoms. The standard InChI is InChI=1S/C23H25NO5S/c1-17-5-11-23(12-6-17)30(25,26)24(16-18-7-9-20(27-2)10-8-18)19-13-21(28-3)15-22(14-19)29-4/h5-15H,16H2,1-4H3. The van der Waals surface area contributed by atoms with Gasteiger partial charge in [-0.15, -0.1) is 0 Å². The van der Waals surface area contributed by atoms with Gasteiger partial charge in [0.05, 0.1) is 38.5 Å². The van der Waals surface area contributed by atoms with Crippen LogP contribution < -0.4 is 18.5 Å². The minimum atomic E-state index is -3.84. The highest BCUT2D eigenvalue weighted by molar-refractivity contribution is 7.92. The zero-order valence-electron chi connectivity index (χ0n) is 17.5. The maximum Gasteiger partial charge on any atom is 0.264 e. The lowest BCUT2D eigenvalue weighted by Crippen LogP contribution is -2.30. The van der Waals surface area contributed by atoms with Crippen LogP contribution in [0, 0.1) is 6.92 Å². The van der Waals surface area contributed by atoms with E-state index in [1.807, 2.05) is 19.1 Å². The highest BCUT2D eigenvalue weighted by Crippen LogP contribution is 2.33. The maximum absolute atomic E-state index is 13.6. The van der Waals surface area contributed by atoms with E-state index in [1.54, 1.807) is 61.7 Å². The summed E-state index contributed by atoms with van der Waals surface area (Å²) in [7, 11) is 0.802. The molecule has 0 fully saturated rings. The van der Waals surface area contributed by atoms with E-state index in [2.05, 4.69) is 0 Å². The minimum Gasteiger partial charge on any atom is -0.497 e. The van der Waals surface area contributed by atoms with Crippen molar-refractivity contribution < 1.29 is 22.6 Å². The minimum absolute atomic E-state index is 0.135. The van der Waals surface area contributed by atoms with Crippen LogP contribution in [0.2, 0.25) is 0 Å². The van der Waals surface area contributed by atoms with Crippen molar-refractivity contribution in [1.82, 2.24) is 0 Å². The highest BCUT2D eigenvalue weighted by Gasteiger charge is 2.26. The molecule has 0 aliphatic heterocycles. The van der Waals surface area contributed by atoms with Gasteiger partial charge in [0.15, 0.2) is 0 Å². The Labute approximate surface area is 177 Å². The molecule has 0 saturated carbocycles. The number of hydrogen-bond donors (Lipinski definition) is 0. The Kier molecular flexibility index (Phi) is 6.52. The SMILES string of the molecule is COc1ccc(CN(c2cc(OC)cc(OC)c2)S(=O)(=O)c2ccc(C)cc2)cc1. The topological polar surface area (TPSA) is 65.1 Å². The van der Waals surface area contributed by atoms with Gasteiger partial charge in [0, 0.05) is 18.2 Å². The number of aryl methyl sites for hydroxylation is 1. The van der Waals surface area contributed by atoms with Gasteiger partial charge in [-0.3, -0.25) is 4.31 Å². The van der Waals surface area contributed by atoms with Crippen LogP contribution in [0.5, 0.6) is 17.2 Å². The van der Waals surface area contributed by atoms with Crippen molar-refractivity contribution in [1.29, 1.82) is 0 Å². The Morgan fingerprint density at radius 2 is 1.27 bits per heavy atom. The van der Waals surface area contributed by atoms with Crippen LogP contribution in [0.1, 0.15) is 11.1 Å². The molecule has 0 spiro atoms. The first-order valence-electron chi connectivity index (χ1n) is 9.33. The lowest BCUT2D eigenvalue weighted by molar-refractivity contribution is 0.394. The Balaban J connectivity index is 2.11. The summed E-state index contributed by atoms with van der Waals surface area (Å²) < 4.78 is 44.4. The van der Waals surface area contributed by atoms with Crippen molar-refractivity contribution >= 4 is 15.7 Å². The van der Waals surface area contributed by atoms with Gasteiger partial charge in [0.2, 0.25) is 0 Å². The molecule has 7 heteroatoms. The maximum atomic E-state index is 13.6. The predicted molar refractivity (Wildman–Crippen MR) is 117 cm³/mol. The largest absolute Gasteiger partial charge is 0.497 e. The number of ether oxygens (including phenoxy) is 3. The van der Waals surface area contributed by atoms with Crippen molar-refractivity contribution in [2.45, 2.75) is 18.4 Å². The molecule has 158 valence electrons. The van der Waals surface area contributed by atoms with E-state index < -0.39 is 10.0 Å². The van der Waals surface area contributed by atoms with Crippen LogP contribution in [0.3, 0.4) is 0 Å². The van der Waals surface area contributed by atoms with Gasteiger partial charge in [0.1, 0.15) is 17.2 Å². The third-order valence-corrected chi connectivity index (χ3v) is 6.51. The van der Waals surface area contributed by atoms with Gasteiger partial charge in [-0.1, -0.05) is 29.8 Å². The van der Waals surface area contributed by atoms with Crippen molar-refractivity contribution in [2.75, 3.05) is 25.6 Å². The summed E-state index contributed by atoms with van der Waals surface area (Å²) in [6.45, 7) is 2.05. The molecule has 3 rings (SSSR count). The first kappa shape index (κ1) is 21.5. The van der Waals surface area contributed by atoms with Crippen molar-refractivity contribution in [3.8, 4) is 17.2 Å². The zero-order valence-corrected chi connectivity index (χ0v) is 18.3. The summed E-state index contributed by atoms with van der Waals surface area (Å²) in [5, 5.41) is 0. The molecule has 0 aromatic heterocycles.